The zero-order chi connectivity index (χ0) is 23.8. The monoisotopic (exact) mass is 485 g/mol. The fourth-order valence-corrected chi connectivity index (χ4v) is 6.06. The van der Waals surface area contributed by atoms with Gasteiger partial charge in [0.15, 0.2) is 0 Å². The molecular formula is C25H31N3O3S2. The number of sulfonamides is 1. The van der Waals surface area contributed by atoms with Gasteiger partial charge in [0.1, 0.15) is 5.01 Å². The molecule has 33 heavy (non-hydrogen) atoms. The highest BCUT2D eigenvalue weighted by Gasteiger charge is 2.34. The van der Waals surface area contributed by atoms with E-state index in [2.05, 4.69) is 29.1 Å². The van der Waals surface area contributed by atoms with Gasteiger partial charge in [0.2, 0.25) is 15.9 Å². The number of hydrogen-bond acceptors (Lipinski definition) is 5. The van der Waals surface area contributed by atoms with Crippen LogP contribution in [0.3, 0.4) is 0 Å². The van der Waals surface area contributed by atoms with E-state index in [9.17, 15) is 13.2 Å². The molecule has 0 aliphatic heterocycles. The van der Waals surface area contributed by atoms with E-state index in [1.54, 1.807) is 32.1 Å². The van der Waals surface area contributed by atoms with Gasteiger partial charge in [0.05, 0.1) is 15.0 Å². The lowest BCUT2D eigenvalue weighted by molar-refractivity contribution is -0.120. The van der Waals surface area contributed by atoms with E-state index >= 15 is 0 Å². The first kappa shape index (κ1) is 23.9. The number of hydrogen-bond donors (Lipinski definition) is 2. The van der Waals surface area contributed by atoms with Gasteiger partial charge in [0, 0.05) is 23.2 Å². The number of rotatable bonds is 5. The quantitative estimate of drug-likeness (QED) is 0.500. The van der Waals surface area contributed by atoms with Crippen LogP contribution in [0.15, 0.2) is 42.5 Å². The van der Waals surface area contributed by atoms with Crippen LogP contribution < -0.4 is 10.0 Å². The van der Waals surface area contributed by atoms with Crippen molar-refractivity contribution in [2.75, 3.05) is 5.32 Å². The molecule has 1 saturated carbocycles. The van der Waals surface area contributed by atoms with Crippen molar-refractivity contribution in [3.63, 3.8) is 0 Å². The third kappa shape index (κ3) is 5.45. The van der Waals surface area contributed by atoms with Crippen LogP contribution in [0.2, 0.25) is 0 Å². The Bertz CT molecular complexity index is 1250. The third-order valence-electron chi connectivity index (χ3n) is 6.17. The zero-order valence-corrected chi connectivity index (χ0v) is 21.1. The largest absolute Gasteiger partial charge is 0.326 e. The highest BCUT2D eigenvalue weighted by atomic mass is 32.2. The summed E-state index contributed by atoms with van der Waals surface area (Å²) in [4.78, 5) is 17.5. The molecule has 8 heteroatoms. The number of carbonyl (C=O) groups excluding carboxylic acids is 1. The van der Waals surface area contributed by atoms with Gasteiger partial charge in [-0.1, -0.05) is 6.07 Å². The highest BCUT2D eigenvalue weighted by Crippen LogP contribution is 2.32. The summed E-state index contributed by atoms with van der Waals surface area (Å²) in [6.45, 7) is 7.15. The molecule has 176 valence electrons. The van der Waals surface area contributed by atoms with Crippen molar-refractivity contribution in [2.24, 2.45) is 5.92 Å². The number of aromatic nitrogens is 1. The summed E-state index contributed by atoms with van der Waals surface area (Å²) < 4.78 is 27.9. The third-order valence-corrected chi connectivity index (χ3v) is 9.49. The molecule has 0 spiro atoms. The number of anilines is 1. The van der Waals surface area contributed by atoms with Crippen molar-refractivity contribution >= 4 is 43.2 Å². The Kier molecular flexibility index (Phi) is 6.62. The molecule has 0 saturated heterocycles. The molecule has 4 rings (SSSR count). The Morgan fingerprint density at radius 3 is 2.33 bits per heavy atom. The van der Waals surface area contributed by atoms with Crippen LogP contribution in [0.5, 0.6) is 0 Å². The van der Waals surface area contributed by atoms with Crippen LogP contribution in [-0.2, 0) is 14.8 Å². The van der Waals surface area contributed by atoms with E-state index in [0.717, 1.165) is 21.8 Å². The molecule has 0 unspecified atom stereocenters. The minimum absolute atomic E-state index is 0.00431. The number of carbonyl (C=O) groups is 1. The summed E-state index contributed by atoms with van der Waals surface area (Å²) in [7, 11) is -3.38. The number of benzene rings is 2. The maximum absolute atomic E-state index is 12.8. The van der Waals surface area contributed by atoms with Gasteiger partial charge >= 0.3 is 0 Å². The minimum Gasteiger partial charge on any atom is -0.326 e. The number of nitrogens with one attached hydrogen (secondary N) is 2. The standard InChI is InChI=1S/C25H31N3O3S2/c1-16-5-14-21-22(15-16)32-24(27-21)18-8-10-19(11-9-18)26-23(29)17-6-12-20(13-7-17)28-33(30,31)25(2,3)4/h5,8-11,14-15,17,20,28H,6-7,12-13H2,1-4H3,(H,26,29). The molecule has 1 heterocycles. The smallest absolute Gasteiger partial charge is 0.227 e. The summed E-state index contributed by atoms with van der Waals surface area (Å²) in [5.74, 6) is -0.108. The van der Waals surface area contributed by atoms with Crippen LogP contribution in [0.25, 0.3) is 20.8 Å². The lowest BCUT2D eigenvalue weighted by Crippen LogP contribution is -2.46. The molecule has 0 bridgehead atoms. The Morgan fingerprint density at radius 2 is 1.70 bits per heavy atom. The zero-order valence-electron chi connectivity index (χ0n) is 19.5. The van der Waals surface area contributed by atoms with Gasteiger partial charge in [-0.25, -0.2) is 18.1 Å². The second-order valence-electron chi connectivity index (χ2n) is 9.84. The normalized spacial score (nSPS) is 19.5. The van der Waals surface area contributed by atoms with Gasteiger partial charge in [0.25, 0.3) is 0 Å². The van der Waals surface area contributed by atoms with Crippen molar-refractivity contribution in [1.29, 1.82) is 0 Å². The molecule has 2 aromatic carbocycles. The maximum atomic E-state index is 12.8. The summed E-state index contributed by atoms with van der Waals surface area (Å²) in [6, 6.07) is 13.9. The van der Waals surface area contributed by atoms with Crippen molar-refractivity contribution in [3.05, 3.63) is 48.0 Å². The summed E-state index contributed by atoms with van der Waals surface area (Å²) in [6.07, 6.45) is 2.69. The van der Waals surface area contributed by atoms with Crippen molar-refractivity contribution < 1.29 is 13.2 Å². The van der Waals surface area contributed by atoms with Crippen molar-refractivity contribution in [2.45, 2.75) is 64.2 Å². The number of fused-ring (bicyclic) bond motifs is 1. The molecule has 2 N–H and O–H groups in total. The molecule has 1 amide bonds. The molecule has 1 aliphatic carbocycles. The predicted molar refractivity (Wildman–Crippen MR) is 136 cm³/mol. The van der Waals surface area contributed by atoms with Gasteiger partial charge < -0.3 is 5.32 Å². The Hall–Kier alpha value is -2.29. The van der Waals surface area contributed by atoms with Gasteiger partial charge in [-0.3, -0.25) is 4.79 Å². The van der Waals surface area contributed by atoms with Crippen LogP contribution >= 0.6 is 11.3 Å². The summed E-state index contributed by atoms with van der Waals surface area (Å²) in [5, 5.41) is 3.98. The van der Waals surface area contributed by atoms with E-state index in [1.807, 2.05) is 30.3 Å². The predicted octanol–water partition coefficient (Wildman–Crippen LogP) is 5.49. The first-order valence-electron chi connectivity index (χ1n) is 11.3. The number of nitrogens with zero attached hydrogens (tertiary/aromatic N) is 1. The van der Waals surface area contributed by atoms with E-state index in [0.29, 0.717) is 25.7 Å². The average molecular weight is 486 g/mol. The highest BCUT2D eigenvalue weighted by molar-refractivity contribution is 7.90. The SMILES string of the molecule is Cc1ccc2nc(-c3ccc(NC(=O)C4CCC(NS(=O)(=O)C(C)(C)C)CC4)cc3)sc2c1. The van der Waals surface area contributed by atoms with Crippen LogP contribution in [0, 0.1) is 12.8 Å². The Labute approximate surface area is 199 Å². The second-order valence-corrected chi connectivity index (χ2v) is 13.3. The fraction of sp³-hybridized carbons (Fsp3) is 0.440. The second kappa shape index (κ2) is 9.16. The Balaban J connectivity index is 1.33. The first-order chi connectivity index (χ1) is 15.5. The average Bonchev–Trinajstić information content (AvgIpc) is 3.17. The molecule has 6 nitrogen and oxygen atoms in total. The lowest BCUT2D eigenvalue weighted by atomic mass is 9.86. The minimum atomic E-state index is -3.38. The lowest BCUT2D eigenvalue weighted by Gasteiger charge is -2.30. The van der Waals surface area contributed by atoms with Gasteiger partial charge in [-0.05, 0) is 95.3 Å². The molecule has 1 aliphatic rings. The molecule has 3 aromatic rings. The maximum Gasteiger partial charge on any atom is 0.227 e. The molecule has 1 fully saturated rings. The van der Waals surface area contributed by atoms with Gasteiger partial charge in [-0.15, -0.1) is 11.3 Å². The van der Waals surface area contributed by atoms with E-state index in [1.165, 1.54) is 10.3 Å². The van der Waals surface area contributed by atoms with Crippen molar-refractivity contribution in [1.82, 2.24) is 9.71 Å². The van der Waals surface area contributed by atoms with Crippen LogP contribution in [0.1, 0.15) is 52.0 Å². The summed E-state index contributed by atoms with van der Waals surface area (Å²) in [5.41, 5.74) is 4.00. The number of aryl methyl sites for hydroxylation is 1. The first-order valence-corrected chi connectivity index (χ1v) is 13.6. The van der Waals surface area contributed by atoms with E-state index < -0.39 is 14.8 Å². The number of thiazole rings is 1. The summed E-state index contributed by atoms with van der Waals surface area (Å²) >= 11 is 1.67. The molecule has 0 radical (unpaired) electrons. The van der Waals surface area contributed by atoms with Crippen LogP contribution in [0.4, 0.5) is 5.69 Å². The fourth-order valence-electron chi connectivity index (χ4n) is 3.97. The van der Waals surface area contributed by atoms with Crippen molar-refractivity contribution in [3.8, 4) is 10.6 Å². The van der Waals surface area contributed by atoms with E-state index in [-0.39, 0.29) is 17.9 Å². The molecular weight excluding hydrogens is 454 g/mol. The van der Waals surface area contributed by atoms with E-state index in [4.69, 9.17) is 4.98 Å². The number of amides is 1. The molecule has 0 atom stereocenters. The van der Waals surface area contributed by atoms with Crippen LogP contribution in [-0.4, -0.2) is 30.1 Å². The molecule has 1 aromatic heterocycles. The topological polar surface area (TPSA) is 88.2 Å². The Morgan fingerprint density at radius 1 is 1.03 bits per heavy atom. The van der Waals surface area contributed by atoms with Gasteiger partial charge in [-0.2, -0.15) is 0 Å².